The molecule has 0 radical (unpaired) electrons. The van der Waals surface area contributed by atoms with Crippen molar-refractivity contribution in [3.8, 4) is 0 Å². The minimum Gasteiger partial charge on any atom is -0.467 e. The Morgan fingerprint density at radius 1 is 0.765 bits per heavy atom. The second-order valence-electron chi connectivity index (χ2n) is 6.87. The summed E-state index contributed by atoms with van der Waals surface area (Å²) in [6.45, 7) is 0. The van der Waals surface area contributed by atoms with E-state index in [0.29, 0.717) is 0 Å². The summed E-state index contributed by atoms with van der Waals surface area (Å²) in [5.74, 6) is -1.20. The number of carbonyl (C=O) groups is 2. The van der Waals surface area contributed by atoms with Crippen molar-refractivity contribution < 1.29 is 19.1 Å². The van der Waals surface area contributed by atoms with Gasteiger partial charge in [0.1, 0.15) is 23.1 Å². The number of hydrogen-bond acceptors (Lipinski definition) is 10. The number of methoxy groups -OCH3 is 2. The lowest BCUT2D eigenvalue weighted by molar-refractivity contribution is -0.147. The Bertz CT molecular complexity index is 1300. The normalized spacial score (nSPS) is 13.2. The van der Waals surface area contributed by atoms with Crippen molar-refractivity contribution in [3.63, 3.8) is 0 Å². The molecule has 0 aromatic carbocycles. The van der Waals surface area contributed by atoms with Crippen molar-refractivity contribution in [2.75, 3.05) is 14.2 Å². The van der Waals surface area contributed by atoms with E-state index < -0.39 is 24.0 Å². The van der Waals surface area contributed by atoms with Crippen LogP contribution < -0.4 is 0 Å². The summed E-state index contributed by atoms with van der Waals surface area (Å²) in [5.41, 5.74) is 0.972. The zero-order valence-electron chi connectivity index (χ0n) is 17.4. The molecule has 0 saturated carbocycles. The van der Waals surface area contributed by atoms with E-state index in [1.165, 1.54) is 36.0 Å². The van der Waals surface area contributed by atoms with Crippen molar-refractivity contribution in [3.05, 3.63) is 33.5 Å². The van der Waals surface area contributed by atoms with Gasteiger partial charge in [-0.05, 0) is 36.0 Å². The number of aromatic nitrogens is 8. The Kier molecular flexibility index (Phi) is 7.03. The van der Waals surface area contributed by atoms with Crippen LogP contribution in [0.5, 0.6) is 0 Å². The van der Waals surface area contributed by atoms with Crippen LogP contribution in [0.4, 0.5) is 0 Å². The molecule has 0 fully saturated rings. The van der Waals surface area contributed by atoms with Crippen molar-refractivity contribution in [2.24, 2.45) is 0 Å². The summed E-state index contributed by atoms with van der Waals surface area (Å²) in [7, 11) is 2.48. The summed E-state index contributed by atoms with van der Waals surface area (Å²) in [6, 6.07) is -1.86. The summed E-state index contributed by atoms with van der Waals surface area (Å²) < 4.78 is 12.9. The van der Waals surface area contributed by atoms with Gasteiger partial charge in [-0.15, -0.1) is 0 Å². The van der Waals surface area contributed by atoms with Crippen molar-refractivity contribution >= 4 is 80.7 Å². The van der Waals surface area contributed by atoms with Crippen LogP contribution in [0.3, 0.4) is 0 Å². The molecule has 2 unspecified atom stereocenters. The molecule has 0 bridgehead atoms. The number of imidazole rings is 2. The van der Waals surface area contributed by atoms with Gasteiger partial charge in [-0.2, -0.15) is 9.97 Å². The molecule has 178 valence electrons. The lowest BCUT2D eigenvalue weighted by atomic mass is 10.1. The molecule has 0 spiro atoms. The molecule has 4 aromatic heterocycles. The van der Waals surface area contributed by atoms with Gasteiger partial charge in [0.25, 0.3) is 0 Å². The molecule has 0 N–H and O–H groups in total. The molecule has 16 heteroatoms. The monoisotopic (exact) mass is 546 g/mol. The predicted octanol–water partition coefficient (Wildman–Crippen LogP) is 3.49. The van der Waals surface area contributed by atoms with Crippen LogP contribution in [0.2, 0.25) is 20.9 Å². The lowest BCUT2D eigenvalue weighted by Crippen LogP contribution is -2.25. The fourth-order valence-electron chi connectivity index (χ4n) is 3.56. The quantitative estimate of drug-likeness (QED) is 0.192. The minimum absolute atomic E-state index is 0.00679. The molecule has 34 heavy (non-hydrogen) atoms. The van der Waals surface area contributed by atoms with Gasteiger partial charge in [0, 0.05) is 0 Å². The van der Waals surface area contributed by atoms with E-state index in [1.54, 1.807) is 0 Å². The molecule has 0 aliphatic heterocycles. The first-order valence-corrected chi connectivity index (χ1v) is 11.0. The number of esters is 2. The van der Waals surface area contributed by atoms with Crippen molar-refractivity contribution in [1.29, 1.82) is 0 Å². The van der Waals surface area contributed by atoms with Gasteiger partial charge < -0.3 is 18.6 Å². The summed E-state index contributed by atoms with van der Waals surface area (Å²) in [4.78, 5) is 49.6. The minimum atomic E-state index is -0.930. The number of carbonyl (C=O) groups excluding carboxylic acids is 2. The van der Waals surface area contributed by atoms with Gasteiger partial charge in [-0.25, -0.2) is 29.5 Å². The second kappa shape index (κ2) is 9.82. The van der Waals surface area contributed by atoms with Crippen LogP contribution in [0, 0.1) is 0 Å². The van der Waals surface area contributed by atoms with Gasteiger partial charge in [-0.1, -0.05) is 23.2 Å². The van der Waals surface area contributed by atoms with Gasteiger partial charge >= 0.3 is 11.9 Å². The fraction of sp³-hybridized carbons (Fsp3) is 0.333. The lowest BCUT2D eigenvalue weighted by Gasteiger charge is -2.21. The van der Waals surface area contributed by atoms with E-state index in [4.69, 9.17) is 55.9 Å². The Balaban J connectivity index is 1.73. The van der Waals surface area contributed by atoms with Crippen LogP contribution in [0.25, 0.3) is 22.3 Å². The Hall–Kier alpha value is -2.80. The van der Waals surface area contributed by atoms with Crippen LogP contribution >= 0.6 is 46.4 Å². The first-order chi connectivity index (χ1) is 16.2. The summed E-state index contributed by atoms with van der Waals surface area (Å²) >= 11 is 24.2. The van der Waals surface area contributed by atoms with Gasteiger partial charge in [0.15, 0.2) is 21.6 Å². The van der Waals surface area contributed by atoms with Crippen LogP contribution in [0.15, 0.2) is 12.7 Å². The summed E-state index contributed by atoms with van der Waals surface area (Å²) in [5, 5.41) is -0.164. The maximum atomic E-state index is 12.7. The fourth-order valence-corrected chi connectivity index (χ4v) is 4.50. The van der Waals surface area contributed by atoms with Crippen LogP contribution in [0.1, 0.15) is 24.9 Å². The molecular weight excluding hydrogens is 534 g/mol. The van der Waals surface area contributed by atoms with Gasteiger partial charge in [0.2, 0.25) is 10.6 Å². The highest BCUT2D eigenvalue weighted by Gasteiger charge is 2.31. The van der Waals surface area contributed by atoms with Crippen molar-refractivity contribution in [2.45, 2.75) is 24.9 Å². The topological polar surface area (TPSA) is 140 Å². The Labute approximate surface area is 211 Å². The predicted molar refractivity (Wildman–Crippen MR) is 122 cm³/mol. The number of hydrogen-bond donors (Lipinski definition) is 0. The molecule has 2 atom stereocenters. The molecular formula is C18H14Cl4N8O4. The van der Waals surface area contributed by atoms with E-state index >= 15 is 0 Å². The average Bonchev–Trinajstić information content (AvgIpc) is 3.40. The SMILES string of the molecule is COC(=O)C(CCC(C(=O)OC)n1cnc2nc(Cl)nc(Cl)c21)n1cnc2nc(Cl)nc(Cl)c21. The van der Waals surface area contributed by atoms with Gasteiger partial charge in [0.05, 0.1) is 26.9 Å². The first-order valence-electron chi connectivity index (χ1n) is 9.52. The van der Waals surface area contributed by atoms with E-state index in [2.05, 4.69) is 29.9 Å². The van der Waals surface area contributed by atoms with Gasteiger partial charge in [-0.3, -0.25) is 0 Å². The molecule has 4 aromatic rings. The molecule has 4 rings (SSSR count). The maximum absolute atomic E-state index is 12.7. The number of ether oxygens (including phenoxy) is 2. The van der Waals surface area contributed by atoms with E-state index in [0.717, 1.165) is 0 Å². The third-order valence-electron chi connectivity index (χ3n) is 5.05. The zero-order valence-corrected chi connectivity index (χ0v) is 20.5. The standard InChI is InChI=1S/C18H14Cl4N8O4/c1-33-15(31)7(29-5-23-13-9(29)11(19)25-17(21)27-13)3-4-8(16(32)34-2)30-6-24-14-10(30)12(20)26-18(22)28-14/h5-8H,3-4H2,1-2H3. The zero-order chi connectivity index (χ0) is 24.6. The first kappa shape index (κ1) is 24.3. The van der Waals surface area contributed by atoms with E-state index in [9.17, 15) is 9.59 Å². The van der Waals surface area contributed by atoms with E-state index in [-0.39, 0.29) is 56.0 Å². The van der Waals surface area contributed by atoms with E-state index in [1.807, 2.05) is 0 Å². The molecule has 4 heterocycles. The number of nitrogens with zero attached hydrogens (tertiary/aromatic N) is 8. The number of rotatable bonds is 7. The maximum Gasteiger partial charge on any atom is 0.328 e. The molecule has 0 amide bonds. The highest BCUT2D eigenvalue weighted by atomic mass is 35.5. The number of halogens is 4. The second-order valence-corrected chi connectivity index (χ2v) is 8.26. The molecule has 0 saturated heterocycles. The van der Waals surface area contributed by atoms with Crippen LogP contribution in [-0.2, 0) is 19.1 Å². The average molecular weight is 548 g/mol. The largest absolute Gasteiger partial charge is 0.467 e. The smallest absolute Gasteiger partial charge is 0.328 e. The third kappa shape index (κ3) is 4.45. The highest BCUT2D eigenvalue weighted by molar-refractivity contribution is 6.35. The summed E-state index contributed by atoms with van der Waals surface area (Å²) in [6.07, 6.45) is 2.94. The molecule has 0 aliphatic carbocycles. The number of fused-ring (bicyclic) bond motifs is 2. The van der Waals surface area contributed by atoms with Crippen molar-refractivity contribution in [1.82, 2.24) is 39.0 Å². The van der Waals surface area contributed by atoms with Crippen LogP contribution in [-0.4, -0.2) is 65.2 Å². The highest BCUT2D eigenvalue weighted by Crippen LogP contribution is 2.31. The molecule has 0 aliphatic rings. The Morgan fingerprint density at radius 2 is 1.15 bits per heavy atom. The third-order valence-corrected chi connectivity index (χ3v) is 5.91. The Morgan fingerprint density at radius 3 is 1.50 bits per heavy atom. The molecule has 12 nitrogen and oxygen atoms in total.